The highest BCUT2D eigenvalue weighted by Crippen LogP contribution is 2.29. The van der Waals surface area contributed by atoms with E-state index >= 15 is 0 Å². The van der Waals surface area contributed by atoms with Crippen molar-refractivity contribution >= 4 is 5.91 Å². The largest absolute Gasteiger partial charge is 0.492 e. The summed E-state index contributed by atoms with van der Waals surface area (Å²) < 4.78 is 11.3. The van der Waals surface area contributed by atoms with E-state index in [1.807, 2.05) is 18.2 Å². The lowest BCUT2D eigenvalue weighted by atomic mass is 10.1. The van der Waals surface area contributed by atoms with E-state index in [0.717, 1.165) is 50.4 Å². The number of carbonyl (C=O) groups is 1. The molecule has 120 valence electrons. The Morgan fingerprint density at radius 3 is 3.18 bits per heavy atom. The Balaban J connectivity index is 1.50. The lowest BCUT2D eigenvalue weighted by Crippen LogP contribution is -2.43. The van der Waals surface area contributed by atoms with Gasteiger partial charge in [0.05, 0.1) is 24.9 Å². The molecule has 1 aromatic rings. The van der Waals surface area contributed by atoms with Crippen LogP contribution in [0.15, 0.2) is 18.2 Å². The molecule has 1 atom stereocenters. The number of nitrogens with zero attached hydrogens (tertiary/aromatic N) is 1. The average molecular weight is 304 g/mol. The van der Waals surface area contributed by atoms with Crippen molar-refractivity contribution < 1.29 is 14.3 Å². The number of benzene rings is 1. The minimum atomic E-state index is -0.0538. The van der Waals surface area contributed by atoms with Crippen LogP contribution in [0.1, 0.15) is 29.3 Å². The molecule has 1 fully saturated rings. The zero-order chi connectivity index (χ0) is 15.4. The van der Waals surface area contributed by atoms with Crippen molar-refractivity contribution in [2.45, 2.75) is 25.9 Å². The van der Waals surface area contributed by atoms with E-state index in [0.29, 0.717) is 18.7 Å². The third-order valence-corrected chi connectivity index (χ3v) is 4.38. The molecule has 22 heavy (non-hydrogen) atoms. The molecule has 0 saturated carbocycles. The van der Waals surface area contributed by atoms with Crippen molar-refractivity contribution in [1.29, 1.82) is 0 Å². The van der Waals surface area contributed by atoms with E-state index in [1.165, 1.54) is 0 Å². The number of carbonyl (C=O) groups excluding carboxylic acids is 1. The molecule has 0 aliphatic carbocycles. The first-order valence-electron chi connectivity index (χ1n) is 8.14. The Bertz CT molecular complexity index is 533. The molecular formula is C17H24N2O3. The molecule has 0 bridgehead atoms. The number of hydrogen-bond acceptors (Lipinski definition) is 4. The van der Waals surface area contributed by atoms with Gasteiger partial charge in [-0.2, -0.15) is 0 Å². The highest BCUT2D eigenvalue weighted by Gasteiger charge is 2.22. The van der Waals surface area contributed by atoms with Crippen molar-refractivity contribution in [3.63, 3.8) is 0 Å². The summed E-state index contributed by atoms with van der Waals surface area (Å²) in [5.74, 6) is 0.702. The molecule has 0 spiro atoms. The van der Waals surface area contributed by atoms with Crippen LogP contribution >= 0.6 is 0 Å². The molecule has 0 aromatic heterocycles. The van der Waals surface area contributed by atoms with Crippen LogP contribution in [0.5, 0.6) is 5.75 Å². The number of rotatable bonds is 5. The molecule has 1 saturated heterocycles. The fraction of sp³-hybridized carbons (Fsp3) is 0.588. The SMILES string of the molecule is CCN1CCOC(CCNC(=O)c2cccc3c2OCC3)C1. The van der Waals surface area contributed by atoms with Gasteiger partial charge in [0.1, 0.15) is 5.75 Å². The van der Waals surface area contributed by atoms with Gasteiger partial charge in [-0.25, -0.2) is 0 Å². The third-order valence-electron chi connectivity index (χ3n) is 4.38. The molecule has 2 heterocycles. The second kappa shape index (κ2) is 7.11. The van der Waals surface area contributed by atoms with Crippen molar-refractivity contribution in [3.05, 3.63) is 29.3 Å². The summed E-state index contributed by atoms with van der Waals surface area (Å²) >= 11 is 0. The zero-order valence-electron chi connectivity index (χ0n) is 13.1. The number of fused-ring (bicyclic) bond motifs is 1. The molecule has 1 unspecified atom stereocenters. The Morgan fingerprint density at radius 1 is 1.41 bits per heavy atom. The van der Waals surface area contributed by atoms with Crippen LogP contribution in [0.4, 0.5) is 0 Å². The molecule has 2 aliphatic heterocycles. The van der Waals surface area contributed by atoms with Gasteiger partial charge in [-0.05, 0) is 24.6 Å². The minimum absolute atomic E-state index is 0.0538. The van der Waals surface area contributed by atoms with Gasteiger partial charge in [-0.3, -0.25) is 9.69 Å². The summed E-state index contributed by atoms with van der Waals surface area (Å²) in [4.78, 5) is 14.7. The smallest absolute Gasteiger partial charge is 0.255 e. The van der Waals surface area contributed by atoms with E-state index in [-0.39, 0.29) is 12.0 Å². The molecule has 1 amide bonds. The molecule has 5 nitrogen and oxygen atoms in total. The number of hydrogen-bond donors (Lipinski definition) is 1. The third kappa shape index (κ3) is 3.42. The zero-order valence-corrected chi connectivity index (χ0v) is 13.1. The molecule has 2 aliphatic rings. The van der Waals surface area contributed by atoms with Crippen LogP contribution < -0.4 is 10.1 Å². The van der Waals surface area contributed by atoms with Gasteiger partial charge in [-0.1, -0.05) is 19.1 Å². The minimum Gasteiger partial charge on any atom is -0.492 e. The van der Waals surface area contributed by atoms with Crippen LogP contribution in [0.25, 0.3) is 0 Å². The van der Waals surface area contributed by atoms with E-state index in [4.69, 9.17) is 9.47 Å². The summed E-state index contributed by atoms with van der Waals surface area (Å²) in [7, 11) is 0. The van der Waals surface area contributed by atoms with Gasteiger partial charge in [0.15, 0.2) is 0 Å². The predicted molar refractivity (Wildman–Crippen MR) is 84.4 cm³/mol. The monoisotopic (exact) mass is 304 g/mol. The Labute approximate surface area is 131 Å². The van der Waals surface area contributed by atoms with Gasteiger partial charge in [-0.15, -0.1) is 0 Å². The fourth-order valence-electron chi connectivity index (χ4n) is 3.08. The average Bonchev–Trinajstić information content (AvgIpc) is 3.03. The second-order valence-electron chi connectivity index (χ2n) is 5.82. The van der Waals surface area contributed by atoms with Crippen LogP contribution in [0, 0.1) is 0 Å². The lowest BCUT2D eigenvalue weighted by molar-refractivity contribution is -0.0296. The number of ether oxygens (including phenoxy) is 2. The van der Waals surface area contributed by atoms with E-state index in [2.05, 4.69) is 17.1 Å². The molecular weight excluding hydrogens is 280 g/mol. The van der Waals surface area contributed by atoms with Gasteiger partial charge in [0, 0.05) is 26.1 Å². The Hall–Kier alpha value is -1.59. The van der Waals surface area contributed by atoms with E-state index < -0.39 is 0 Å². The van der Waals surface area contributed by atoms with Crippen molar-refractivity contribution in [3.8, 4) is 5.75 Å². The summed E-state index contributed by atoms with van der Waals surface area (Å²) in [6, 6.07) is 5.77. The first-order valence-corrected chi connectivity index (χ1v) is 8.14. The van der Waals surface area contributed by atoms with Gasteiger partial charge in [0.25, 0.3) is 5.91 Å². The number of likely N-dealkylation sites (N-methyl/N-ethyl adjacent to an activating group) is 1. The van der Waals surface area contributed by atoms with Crippen molar-refractivity contribution in [1.82, 2.24) is 10.2 Å². The highest BCUT2D eigenvalue weighted by atomic mass is 16.5. The van der Waals surface area contributed by atoms with Crippen LogP contribution in [0.2, 0.25) is 0 Å². The fourth-order valence-corrected chi connectivity index (χ4v) is 3.08. The maximum absolute atomic E-state index is 12.3. The number of para-hydroxylation sites is 1. The highest BCUT2D eigenvalue weighted by molar-refractivity contribution is 5.97. The summed E-state index contributed by atoms with van der Waals surface area (Å²) in [5, 5.41) is 2.99. The quantitative estimate of drug-likeness (QED) is 0.895. The predicted octanol–water partition coefficient (Wildman–Crippen LogP) is 1.46. The second-order valence-corrected chi connectivity index (χ2v) is 5.82. The van der Waals surface area contributed by atoms with Gasteiger partial charge >= 0.3 is 0 Å². The number of amides is 1. The van der Waals surface area contributed by atoms with E-state index in [1.54, 1.807) is 0 Å². The molecule has 1 aromatic carbocycles. The molecule has 3 rings (SSSR count). The van der Waals surface area contributed by atoms with Gasteiger partial charge < -0.3 is 14.8 Å². The maximum atomic E-state index is 12.3. The summed E-state index contributed by atoms with van der Waals surface area (Å²) in [6.07, 6.45) is 1.95. The maximum Gasteiger partial charge on any atom is 0.255 e. The molecule has 0 radical (unpaired) electrons. The lowest BCUT2D eigenvalue weighted by Gasteiger charge is -2.32. The Morgan fingerprint density at radius 2 is 2.32 bits per heavy atom. The number of nitrogens with one attached hydrogen (secondary N) is 1. The Kier molecular flexibility index (Phi) is 4.95. The summed E-state index contributed by atoms with van der Waals surface area (Å²) in [6.45, 7) is 7.27. The van der Waals surface area contributed by atoms with Gasteiger partial charge in [0.2, 0.25) is 0 Å². The first-order chi connectivity index (χ1) is 10.8. The standard InChI is InChI=1S/C17H24N2O3/c1-2-19-9-11-21-14(12-19)6-8-18-17(20)15-5-3-4-13-7-10-22-16(13)15/h3-5,14H,2,6-12H2,1H3,(H,18,20). The normalized spacial score (nSPS) is 21.2. The number of morpholine rings is 1. The van der Waals surface area contributed by atoms with Crippen LogP contribution in [0.3, 0.4) is 0 Å². The van der Waals surface area contributed by atoms with Crippen LogP contribution in [-0.4, -0.2) is 56.3 Å². The molecule has 1 N–H and O–H groups in total. The van der Waals surface area contributed by atoms with Crippen molar-refractivity contribution in [2.24, 2.45) is 0 Å². The van der Waals surface area contributed by atoms with E-state index in [9.17, 15) is 4.79 Å². The first kappa shape index (κ1) is 15.3. The van der Waals surface area contributed by atoms with Crippen LogP contribution in [-0.2, 0) is 11.2 Å². The summed E-state index contributed by atoms with van der Waals surface area (Å²) in [5.41, 5.74) is 1.77. The molecule has 5 heteroatoms. The topological polar surface area (TPSA) is 50.8 Å². The van der Waals surface area contributed by atoms with Crippen molar-refractivity contribution in [2.75, 3.05) is 39.4 Å².